The predicted molar refractivity (Wildman–Crippen MR) is 103 cm³/mol. The summed E-state index contributed by atoms with van der Waals surface area (Å²) in [7, 11) is 0. The van der Waals surface area contributed by atoms with Crippen LogP contribution in [0.2, 0.25) is 0 Å². The first-order valence-corrected chi connectivity index (χ1v) is 8.78. The van der Waals surface area contributed by atoms with Crippen LogP contribution in [0.3, 0.4) is 0 Å². The van der Waals surface area contributed by atoms with E-state index in [2.05, 4.69) is 5.32 Å². The molecule has 1 fully saturated rings. The fourth-order valence-electron chi connectivity index (χ4n) is 2.90. The number of carbonyl (C=O) groups is 2. The highest BCUT2D eigenvalue weighted by molar-refractivity contribution is 6.02. The van der Waals surface area contributed by atoms with E-state index in [1.54, 1.807) is 23.1 Å². The molecule has 5 heteroatoms. The lowest BCUT2D eigenvalue weighted by Gasteiger charge is -2.15. The topological polar surface area (TPSA) is 58.6 Å². The van der Waals surface area contributed by atoms with E-state index >= 15 is 0 Å². The average molecular weight is 350 g/mol. The number of carbonyl (C=O) groups excluding carboxylic acids is 2. The minimum atomic E-state index is -0.221. The van der Waals surface area contributed by atoms with E-state index in [4.69, 9.17) is 4.74 Å². The summed E-state index contributed by atoms with van der Waals surface area (Å²) in [6.07, 6.45) is 4.71. The van der Waals surface area contributed by atoms with Gasteiger partial charge in [-0.25, -0.2) is 0 Å². The van der Waals surface area contributed by atoms with Gasteiger partial charge in [-0.3, -0.25) is 9.59 Å². The lowest BCUT2D eigenvalue weighted by atomic mass is 10.2. The third-order valence-corrected chi connectivity index (χ3v) is 4.15. The summed E-state index contributed by atoms with van der Waals surface area (Å²) in [6.45, 7) is 3.25. The smallest absolute Gasteiger partial charge is 0.248 e. The Bertz CT molecular complexity index is 812. The summed E-state index contributed by atoms with van der Waals surface area (Å²) in [5.41, 5.74) is 2.41. The van der Waals surface area contributed by atoms with E-state index in [1.165, 1.54) is 6.08 Å². The number of para-hydroxylation sites is 1. The second-order valence-electron chi connectivity index (χ2n) is 5.99. The second kappa shape index (κ2) is 8.34. The van der Waals surface area contributed by atoms with Crippen LogP contribution in [-0.4, -0.2) is 25.0 Å². The third kappa shape index (κ3) is 4.30. The van der Waals surface area contributed by atoms with E-state index in [0.29, 0.717) is 18.7 Å². The summed E-state index contributed by atoms with van der Waals surface area (Å²) in [5.74, 6) is 0.678. The molecule has 1 heterocycles. The molecule has 0 aromatic heterocycles. The Kier molecular flexibility index (Phi) is 5.69. The maximum atomic E-state index is 12.1. The molecule has 0 unspecified atom stereocenters. The van der Waals surface area contributed by atoms with E-state index in [-0.39, 0.29) is 11.8 Å². The van der Waals surface area contributed by atoms with Gasteiger partial charge in [-0.15, -0.1) is 0 Å². The molecule has 2 aromatic carbocycles. The summed E-state index contributed by atoms with van der Waals surface area (Å²) < 4.78 is 5.54. The average Bonchev–Trinajstić information content (AvgIpc) is 3.08. The van der Waals surface area contributed by atoms with Gasteiger partial charge in [0.15, 0.2) is 0 Å². The van der Waals surface area contributed by atoms with E-state index < -0.39 is 0 Å². The largest absolute Gasteiger partial charge is 0.493 e. The molecule has 0 radical (unpaired) electrons. The molecular formula is C21H22N2O3. The molecule has 1 aliphatic heterocycles. The molecule has 5 nitrogen and oxygen atoms in total. The Hall–Kier alpha value is -3.08. The standard InChI is InChI=1S/C21H22N2O3/c1-2-26-19-7-4-3-6-16(19)9-14-20(24)22-17-10-12-18(13-11-17)23-15-5-8-21(23)25/h3-4,6-7,9-14H,2,5,8,15H2,1H3,(H,22,24)/b14-9+. The molecule has 2 amide bonds. The fourth-order valence-corrected chi connectivity index (χ4v) is 2.90. The first kappa shape index (κ1) is 17.7. The summed E-state index contributed by atoms with van der Waals surface area (Å²) in [5, 5.41) is 2.82. The third-order valence-electron chi connectivity index (χ3n) is 4.15. The van der Waals surface area contributed by atoms with Crippen molar-refractivity contribution in [2.75, 3.05) is 23.4 Å². The zero-order valence-electron chi connectivity index (χ0n) is 14.8. The van der Waals surface area contributed by atoms with E-state index in [0.717, 1.165) is 30.0 Å². The van der Waals surface area contributed by atoms with Gasteiger partial charge in [0, 0.05) is 36.0 Å². The van der Waals surface area contributed by atoms with Crippen molar-refractivity contribution >= 4 is 29.3 Å². The van der Waals surface area contributed by atoms with Gasteiger partial charge < -0.3 is 15.0 Å². The van der Waals surface area contributed by atoms with Crippen molar-refractivity contribution in [3.63, 3.8) is 0 Å². The summed E-state index contributed by atoms with van der Waals surface area (Å²) in [4.78, 5) is 25.7. The van der Waals surface area contributed by atoms with E-state index in [1.807, 2.05) is 43.3 Å². The number of ether oxygens (including phenoxy) is 1. The number of benzene rings is 2. The number of nitrogens with zero attached hydrogens (tertiary/aromatic N) is 1. The molecule has 0 atom stereocenters. The lowest BCUT2D eigenvalue weighted by molar-refractivity contribution is -0.117. The molecule has 1 saturated heterocycles. The van der Waals surface area contributed by atoms with Crippen LogP contribution in [0.15, 0.2) is 54.6 Å². The van der Waals surface area contributed by atoms with Crippen LogP contribution in [0.4, 0.5) is 11.4 Å². The van der Waals surface area contributed by atoms with Gasteiger partial charge in [0.05, 0.1) is 6.61 Å². The van der Waals surface area contributed by atoms with Crippen molar-refractivity contribution < 1.29 is 14.3 Å². The molecule has 0 saturated carbocycles. The molecule has 1 N–H and O–H groups in total. The van der Waals surface area contributed by atoms with E-state index in [9.17, 15) is 9.59 Å². The normalized spacial score (nSPS) is 14.0. The molecule has 1 aliphatic rings. The molecule has 3 rings (SSSR count). The van der Waals surface area contributed by atoms with Gasteiger partial charge in [-0.05, 0) is 49.8 Å². The number of nitrogens with one attached hydrogen (secondary N) is 1. The molecule has 26 heavy (non-hydrogen) atoms. The van der Waals surface area contributed by atoms with Crippen LogP contribution in [-0.2, 0) is 9.59 Å². The van der Waals surface area contributed by atoms with Crippen LogP contribution in [0.5, 0.6) is 5.75 Å². The van der Waals surface area contributed by atoms with Crippen molar-refractivity contribution in [2.45, 2.75) is 19.8 Å². The van der Waals surface area contributed by atoms with Crippen LogP contribution < -0.4 is 15.0 Å². The number of rotatable bonds is 6. The first-order chi connectivity index (χ1) is 12.7. The van der Waals surface area contributed by atoms with Gasteiger partial charge in [0.2, 0.25) is 11.8 Å². The van der Waals surface area contributed by atoms with Gasteiger partial charge in [0.1, 0.15) is 5.75 Å². The number of anilines is 2. The zero-order chi connectivity index (χ0) is 18.4. The zero-order valence-corrected chi connectivity index (χ0v) is 14.8. The molecule has 134 valence electrons. The molecule has 0 spiro atoms. The van der Waals surface area contributed by atoms with Crippen molar-refractivity contribution in [3.05, 3.63) is 60.2 Å². The highest BCUT2D eigenvalue weighted by Gasteiger charge is 2.21. The Morgan fingerprint density at radius 2 is 1.96 bits per heavy atom. The minimum Gasteiger partial charge on any atom is -0.493 e. The lowest BCUT2D eigenvalue weighted by Crippen LogP contribution is -2.23. The van der Waals surface area contributed by atoms with Crippen LogP contribution in [0.25, 0.3) is 6.08 Å². The Balaban J connectivity index is 1.62. The maximum Gasteiger partial charge on any atom is 0.248 e. The second-order valence-corrected chi connectivity index (χ2v) is 5.99. The fraction of sp³-hybridized carbons (Fsp3) is 0.238. The minimum absolute atomic E-state index is 0.151. The monoisotopic (exact) mass is 350 g/mol. The van der Waals surface area contributed by atoms with Gasteiger partial charge >= 0.3 is 0 Å². The first-order valence-electron chi connectivity index (χ1n) is 8.78. The van der Waals surface area contributed by atoms with Crippen LogP contribution in [0, 0.1) is 0 Å². The quantitative estimate of drug-likeness (QED) is 0.805. The Morgan fingerprint density at radius 3 is 2.65 bits per heavy atom. The van der Waals surface area contributed by atoms with Crippen molar-refractivity contribution in [1.82, 2.24) is 0 Å². The number of hydrogen-bond donors (Lipinski definition) is 1. The SMILES string of the molecule is CCOc1ccccc1/C=C/C(=O)Nc1ccc(N2CCCC2=O)cc1. The van der Waals surface area contributed by atoms with Crippen molar-refractivity contribution in [3.8, 4) is 5.75 Å². The van der Waals surface area contributed by atoms with Gasteiger partial charge in [-0.2, -0.15) is 0 Å². The van der Waals surface area contributed by atoms with Crippen LogP contribution >= 0.6 is 0 Å². The predicted octanol–water partition coefficient (Wildman–Crippen LogP) is 3.86. The summed E-state index contributed by atoms with van der Waals surface area (Å²) in [6, 6.07) is 14.9. The van der Waals surface area contributed by atoms with Gasteiger partial charge in [0.25, 0.3) is 0 Å². The van der Waals surface area contributed by atoms with Crippen LogP contribution in [0.1, 0.15) is 25.3 Å². The van der Waals surface area contributed by atoms with Crippen molar-refractivity contribution in [2.24, 2.45) is 0 Å². The summed E-state index contributed by atoms with van der Waals surface area (Å²) >= 11 is 0. The van der Waals surface area contributed by atoms with Gasteiger partial charge in [-0.1, -0.05) is 18.2 Å². The Morgan fingerprint density at radius 1 is 1.19 bits per heavy atom. The molecule has 0 aliphatic carbocycles. The molecular weight excluding hydrogens is 328 g/mol. The maximum absolute atomic E-state index is 12.1. The van der Waals surface area contributed by atoms with Crippen molar-refractivity contribution in [1.29, 1.82) is 0 Å². The molecule has 2 aromatic rings. The molecule has 0 bridgehead atoms. The highest BCUT2D eigenvalue weighted by Crippen LogP contribution is 2.23. The highest BCUT2D eigenvalue weighted by atomic mass is 16.5. The number of amides is 2. The Labute approximate surface area is 153 Å². The number of hydrogen-bond acceptors (Lipinski definition) is 3.